The highest BCUT2D eigenvalue weighted by Gasteiger charge is 2.23. The summed E-state index contributed by atoms with van der Waals surface area (Å²) < 4.78 is 6.04. The summed E-state index contributed by atoms with van der Waals surface area (Å²) in [5.74, 6) is 0. The number of rotatable bonds is 4. The van der Waals surface area contributed by atoms with E-state index in [1.807, 2.05) is 18.2 Å². The summed E-state index contributed by atoms with van der Waals surface area (Å²) in [6, 6.07) is 18.9. The zero-order valence-corrected chi connectivity index (χ0v) is 16.3. The highest BCUT2D eigenvalue weighted by molar-refractivity contribution is 5.85. The van der Waals surface area contributed by atoms with E-state index in [0.717, 1.165) is 63.4 Å². The molecule has 0 aliphatic carbocycles. The number of halogens is 1. The largest absolute Gasteiger partial charge is 0.373 e. The second kappa shape index (κ2) is 9.23. The first-order valence-electron chi connectivity index (χ1n) is 9.51. The van der Waals surface area contributed by atoms with E-state index in [0.29, 0.717) is 0 Å². The number of anilines is 1. The van der Waals surface area contributed by atoms with Crippen molar-refractivity contribution in [3.8, 4) is 6.07 Å². The van der Waals surface area contributed by atoms with Gasteiger partial charge < -0.3 is 9.64 Å². The first-order chi connectivity index (χ1) is 12.8. The average Bonchev–Trinajstić information content (AvgIpc) is 2.72. The summed E-state index contributed by atoms with van der Waals surface area (Å²) in [6.45, 7) is 5.91. The van der Waals surface area contributed by atoms with Crippen LogP contribution in [0.3, 0.4) is 0 Å². The molecule has 0 radical (unpaired) electrons. The van der Waals surface area contributed by atoms with Crippen LogP contribution in [-0.4, -0.2) is 44.2 Å². The molecule has 2 aromatic rings. The maximum Gasteiger partial charge on any atom is 0.101 e. The van der Waals surface area contributed by atoms with Gasteiger partial charge in [0.15, 0.2) is 0 Å². The van der Waals surface area contributed by atoms with E-state index in [4.69, 9.17) is 4.74 Å². The third kappa shape index (κ3) is 4.44. The number of benzene rings is 2. The molecule has 2 heterocycles. The molecule has 2 aliphatic heterocycles. The molecule has 0 spiro atoms. The van der Waals surface area contributed by atoms with E-state index in [2.05, 4.69) is 46.2 Å². The smallest absolute Gasteiger partial charge is 0.101 e. The second-order valence-electron chi connectivity index (χ2n) is 7.05. The maximum atomic E-state index is 9.31. The van der Waals surface area contributed by atoms with Crippen molar-refractivity contribution in [3.63, 3.8) is 0 Å². The van der Waals surface area contributed by atoms with E-state index in [-0.39, 0.29) is 18.5 Å². The molecule has 1 atom stereocenters. The number of nitriles is 1. The third-order valence-electron chi connectivity index (χ3n) is 5.54. The van der Waals surface area contributed by atoms with E-state index in [9.17, 15) is 5.26 Å². The van der Waals surface area contributed by atoms with Crippen LogP contribution in [0.25, 0.3) is 0 Å². The van der Waals surface area contributed by atoms with Crippen LogP contribution >= 0.6 is 12.4 Å². The molecule has 1 saturated heterocycles. The lowest BCUT2D eigenvalue weighted by Crippen LogP contribution is -2.47. The molecule has 27 heavy (non-hydrogen) atoms. The standard InChI is InChI=1S/C22H25N3O.ClH/c23-17-19-6-2-4-8-21(19)25-14-12-24(13-15-25)11-9-22-20-7-3-1-5-18(20)10-16-26-22;/h1-8,22H,9-16H2;1H. The Morgan fingerprint density at radius 2 is 1.74 bits per heavy atom. The molecule has 0 N–H and O–H groups in total. The Morgan fingerprint density at radius 3 is 2.56 bits per heavy atom. The van der Waals surface area contributed by atoms with Crippen molar-refractivity contribution >= 4 is 18.1 Å². The van der Waals surface area contributed by atoms with Crippen molar-refractivity contribution in [2.24, 2.45) is 0 Å². The van der Waals surface area contributed by atoms with Crippen LogP contribution in [0.5, 0.6) is 0 Å². The lowest BCUT2D eigenvalue weighted by atomic mass is 9.95. The van der Waals surface area contributed by atoms with Crippen LogP contribution in [0.1, 0.15) is 29.2 Å². The van der Waals surface area contributed by atoms with E-state index < -0.39 is 0 Å². The summed E-state index contributed by atoms with van der Waals surface area (Å²) in [6.07, 6.45) is 2.31. The highest BCUT2D eigenvalue weighted by atomic mass is 35.5. The fourth-order valence-corrected chi connectivity index (χ4v) is 4.07. The van der Waals surface area contributed by atoms with Crippen molar-refractivity contribution in [3.05, 3.63) is 65.2 Å². The maximum absolute atomic E-state index is 9.31. The van der Waals surface area contributed by atoms with Gasteiger partial charge in [-0.15, -0.1) is 12.4 Å². The van der Waals surface area contributed by atoms with E-state index in [1.165, 1.54) is 11.1 Å². The SMILES string of the molecule is Cl.N#Cc1ccccc1N1CCN(CCC2OCCc3ccccc32)CC1. The molecule has 1 unspecified atom stereocenters. The fourth-order valence-electron chi connectivity index (χ4n) is 4.07. The van der Waals surface area contributed by atoms with Crippen molar-refractivity contribution < 1.29 is 4.74 Å². The number of fused-ring (bicyclic) bond motifs is 1. The highest BCUT2D eigenvalue weighted by Crippen LogP contribution is 2.30. The minimum absolute atomic E-state index is 0. The Kier molecular flexibility index (Phi) is 6.73. The molecular formula is C22H26ClN3O. The minimum atomic E-state index is 0. The quantitative estimate of drug-likeness (QED) is 0.804. The first kappa shape index (κ1) is 19.7. The number of piperazine rings is 1. The number of nitrogens with zero attached hydrogens (tertiary/aromatic N) is 3. The molecule has 4 nitrogen and oxygen atoms in total. The van der Waals surface area contributed by atoms with Gasteiger partial charge in [-0.3, -0.25) is 4.90 Å². The van der Waals surface area contributed by atoms with Gasteiger partial charge >= 0.3 is 0 Å². The molecule has 5 heteroatoms. The average molecular weight is 384 g/mol. The molecule has 2 aliphatic rings. The Bertz CT molecular complexity index is 796. The van der Waals surface area contributed by atoms with Gasteiger partial charge in [0.2, 0.25) is 0 Å². The van der Waals surface area contributed by atoms with Gasteiger partial charge in [0.1, 0.15) is 6.07 Å². The van der Waals surface area contributed by atoms with Gasteiger partial charge in [-0.25, -0.2) is 0 Å². The van der Waals surface area contributed by atoms with Crippen LogP contribution in [-0.2, 0) is 11.2 Å². The second-order valence-corrected chi connectivity index (χ2v) is 7.05. The van der Waals surface area contributed by atoms with Gasteiger partial charge in [0.25, 0.3) is 0 Å². The van der Waals surface area contributed by atoms with Gasteiger partial charge in [0, 0.05) is 32.7 Å². The monoisotopic (exact) mass is 383 g/mol. The normalized spacial score (nSPS) is 19.7. The zero-order chi connectivity index (χ0) is 17.8. The molecular weight excluding hydrogens is 358 g/mol. The minimum Gasteiger partial charge on any atom is -0.373 e. The van der Waals surface area contributed by atoms with Crippen molar-refractivity contribution in [1.82, 2.24) is 4.90 Å². The van der Waals surface area contributed by atoms with Gasteiger partial charge in [-0.1, -0.05) is 36.4 Å². The predicted octanol–water partition coefficient (Wildman–Crippen LogP) is 3.81. The number of hydrogen-bond donors (Lipinski definition) is 0. The Hall–Kier alpha value is -2.06. The zero-order valence-electron chi connectivity index (χ0n) is 15.5. The fraction of sp³-hybridized carbons (Fsp3) is 0.409. The molecule has 0 aromatic heterocycles. The topological polar surface area (TPSA) is 39.5 Å². The molecule has 0 bridgehead atoms. The van der Waals surface area contributed by atoms with E-state index >= 15 is 0 Å². The van der Waals surface area contributed by atoms with Crippen LogP contribution in [0.4, 0.5) is 5.69 Å². The van der Waals surface area contributed by atoms with Crippen LogP contribution < -0.4 is 4.90 Å². The summed E-state index contributed by atoms with van der Waals surface area (Å²) >= 11 is 0. The van der Waals surface area contributed by atoms with Crippen LogP contribution in [0.15, 0.2) is 48.5 Å². The first-order valence-corrected chi connectivity index (χ1v) is 9.51. The molecule has 0 amide bonds. The van der Waals surface area contributed by atoms with Crippen molar-refractivity contribution in [1.29, 1.82) is 5.26 Å². The van der Waals surface area contributed by atoms with E-state index in [1.54, 1.807) is 0 Å². The lowest BCUT2D eigenvalue weighted by molar-refractivity contribution is 0.0289. The van der Waals surface area contributed by atoms with Crippen molar-refractivity contribution in [2.75, 3.05) is 44.2 Å². The third-order valence-corrected chi connectivity index (χ3v) is 5.54. The summed E-state index contributed by atoms with van der Waals surface area (Å²) in [7, 11) is 0. The lowest BCUT2D eigenvalue weighted by Gasteiger charge is -2.37. The number of hydrogen-bond acceptors (Lipinski definition) is 4. The molecule has 0 saturated carbocycles. The van der Waals surface area contributed by atoms with Crippen LogP contribution in [0, 0.1) is 11.3 Å². The molecule has 4 rings (SSSR count). The van der Waals surface area contributed by atoms with Crippen molar-refractivity contribution in [2.45, 2.75) is 18.9 Å². The number of ether oxygens (including phenoxy) is 1. The van der Waals surface area contributed by atoms with Crippen LogP contribution in [0.2, 0.25) is 0 Å². The summed E-state index contributed by atoms with van der Waals surface area (Å²) in [5, 5.41) is 9.31. The number of para-hydroxylation sites is 1. The molecule has 2 aromatic carbocycles. The Balaban J connectivity index is 0.00000210. The Labute approximate surface area is 167 Å². The molecule has 1 fully saturated rings. The summed E-state index contributed by atoms with van der Waals surface area (Å²) in [4.78, 5) is 4.85. The molecule has 142 valence electrons. The van der Waals surface area contributed by atoms with Gasteiger partial charge in [-0.2, -0.15) is 5.26 Å². The predicted molar refractivity (Wildman–Crippen MR) is 111 cm³/mol. The van der Waals surface area contributed by atoms with Gasteiger partial charge in [-0.05, 0) is 36.1 Å². The Morgan fingerprint density at radius 1 is 1.00 bits per heavy atom. The summed E-state index contributed by atoms with van der Waals surface area (Å²) in [5.41, 5.74) is 4.66. The van der Waals surface area contributed by atoms with Gasteiger partial charge in [0.05, 0.1) is 24.0 Å².